The lowest BCUT2D eigenvalue weighted by Crippen LogP contribution is -2.05. The monoisotopic (exact) mass is 354 g/mol. The molecule has 0 aliphatic rings. The van der Waals surface area contributed by atoms with Crippen molar-refractivity contribution in [2.45, 2.75) is 32.9 Å². The van der Waals surface area contributed by atoms with Crippen molar-refractivity contribution >= 4 is 11.3 Å². The number of rotatable bonds is 6. The van der Waals surface area contributed by atoms with Gasteiger partial charge in [0.05, 0.1) is 11.0 Å². The molecule has 0 radical (unpaired) electrons. The molecule has 2 aromatic carbocycles. The van der Waals surface area contributed by atoms with Crippen LogP contribution in [-0.4, -0.2) is 11.1 Å². The fourth-order valence-electron chi connectivity index (χ4n) is 2.37. The van der Waals surface area contributed by atoms with E-state index in [-0.39, 0.29) is 12.1 Å². The molecule has 130 valence electrons. The van der Waals surface area contributed by atoms with Gasteiger partial charge in [-0.05, 0) is 62.2 Å². The van der Waals surface area contributed by atoms with Gasteiger partial charge in [0.2, 0.25) is 0 Å². The maximum atomic E-state index is 5.96. The third kappa shape index (κ3) is 4.59. The van der Waals surface area contributed by atoms with Crippen molar-refractivity contribution < 1.29 is 9.47 Å². The number of benzene rings is 2. The van der Waals surface area contributed by atoms with E-state index in [1.54, 1.807) is 0 Å². The smallest absolute Gasteiger partial charge is 0.279 e. The topological polar surface area (TPSA) is 57.4 Å². The number of hydrogen-bond donors (Lipinski definition) is 1. The minimum absolute atomic E-state index is 0.00941. The molecule has 0 saturated carbocycles. The summed E-state index contributed by atoms with van der Waals surface area (Å²) in [7, 11) is 0. The van der Waals surface area contributed by atoms with Gasteiger partial charge in [-0.3, -0.25) is 0 Å². The summed E-state index contributed by atoms with van der Waals surface area (Å²) >= 11 is 1.51. The van der Waals surface area contributed by atoms with Gasteiger partial charge in [-0.15, -0.1) is 0 Å². The second kappa shape index (κ2) is 7.68. The van der Waals surface area contributed by atoms with Crippen LogP contribution in [0.2, 0.25) is 0 Å². The zero-order valence-corrected chi connectivity index (χ0v) is 15.4. The van der Waals surface area contributed by atoms with Crippen LogP contribution < -0.4 is 15.2 Å². The molecule has 0 aliphatic carbocycles. The Kier molecular flexibility index (Phi) is 5.36. The fourth-order valence-corrected chi connectivity index (χ4v) is 3.15. The molecule has 1 atom stereocenters. The SMILES string of the molecule is CC(C)Oc1ccc(Oc2ncc(-c3cccc(C(C)N)c3)s2)cc1. The Balaban J connectivity index is 1.72. The van der Waals surface area contributed by atoms with Crippen LogP contribution in [0.1, 0.15) is 32.4 Å². The maximum Gasteiger partial charge on any atom is 0.279 e. The Bertz CT molecular complexity index is 826. The third-order valence-corrected chi connectivity index (χ3v) is 4.51. The fraction of sp³-hybridized carbons (Fsp3) is 0.250. The summed E-state index contributed by atoms with van der Waals surface area (Å²) in [4.78, 5) is 5.42. The summed E-state index contributed by atoms with van der Waals surface area (Å²) in [6, 6.07) is 15.8. The lowest BCUT2D eigenvalue weighted by molar-refractivity contribution is 0.242. The van der Waals surface area contributed by atoms with Gasteiger partial charge in [0.25, 0.3) is 5.19 Å². The lowest BCUT2D eigenvalue weighted by atomic mass is 10.1. The van der Waals surface area contributed by atoms with Crippen molar-refractivity contribution in [3.63, 3.8) is 0 Å². The third-order valence-electron chi connectivity index (χ3n) is 3.58. The highest BCUT2D eigenvalue weighted by Gasteiger charge is 2.09. The Morgan fingerprint density at radius 2 is 1.72 bits per heavy atom. The minimum Gasteiger partial charge on any atom is -0.491 e. The Labute approximate surface area is 152 Å². The highest BCUT2D eigenvalue weighted by atomic mass is 32.1. The van der Waals surface area contributed by atoms with Crippen molar-refractivity contribution in [2.75, 3.05) is 0 Å². The van der Waals surface area contributed by atoms with E-state index in [1.165, 1.54) is 11.3 Å². The van der Waals surface area contributed by atoms with Gasteiger partial charge < -0.3 is 15.2 Å². The van der Waals surface area contributed by atoms with Crippen molar-refractivity contribution in [3.05, 3.63) is 60.3 Å². The summed E-state index contributed by atoms with van der Waals surface area (Å²) in [5.41, 5.74) is 8.17. The van der Waals surface area contributed by atoms with E-state index in [0.29, 0.717) is 5.19 Å². The molecule has 0 saturated heterocycles. The number of nitrogens with zero attached hydrogens (tertiary/aromatic N) is 1. The summed E-state index contributed by atoms with van der Waals surface area (Å²) in [6.45, 7) is 5.98. The van der Waals surface area contributed by atoms with Crippen molar-refractivity contribution in [1.82, 2.24) is 4.98 Å². The molecule has 1 heterocycles. The van der Waals surface area contributed by atoms with E-state index in [0.717, 1.165) is 27.5 Å². The Morgan fingerprint density at radius 1 is 1.00 bits per heavy atom. The predicted molar refractivity (Wildman–Crippen MR) is 102 cm³/mol. The average molecular weight is 354 g/mol. The van der Waals surface area contributed by atoms with Gasteiger partial charge in [-0.1, -0.05) is 29.5 Å². The average Bonchev–Trinajstić information content (AvgIpc) is 3.05. The molecule has 5 heteroatoms. The molecule has 0 amide bonds. The van der Waals surface area contributed by atoms with Gasteiger partial charge >= 0.3 is 0 Å². The molecule has 4 nitrogen and oxygen atoms in total. The second-order valence-electron chi connectivity index (χ2n) is 6.14. The summed E-state index contributed by atoms with van der Waals surface area (Å²) in [5.74, 6) is 1.57. The van der Waals surface area contributed by atoms with E-state index in [4.69, 9.17) is 15.2 Å². The van der Waals surface area contributed by atoms with Gasteiger partial charge in [0.15, 0.2) is 0 Å². The zero-order valence-electron chi connectivity index (χ0n) is 14.6. The van der Waals surface area contributed by atoms with Crippen LogP contribution in [0.5, 0.6) is 16.7 Å². The van der Waals surface area contributed by atoms with Crippen LogP contribution >= 0.6 is 11.3 Å². The maximum absolute atomic E-state index is 5.96. The van der Waals surface area contributed by atoms with Crippen LogP contribution in [0.15, 0.2) is 54.7 Å². The van der Waals surface area contributed by atoms with Crippen LogP contribution in [0.25, 0.3) is 10.4 Å². The van der Waals surface area contributed by atoms with E-state index in [1.807, 2.05) is 63.4 Å². The molecule has 0 fully saturated rings. The normalized spacial score (nSPS) is 12.2. The second-order valence-corrected chi connectivity index (χ2v) is 7.14. The predicted octanol–water partition coefficient (Wildman–Crippen LogP) is 5.41. The largest absolute Gasteiger partial charge is 0.491 e. The van der Waals surface area contributed by atoms with E-state index in [9.17, 15) is 0 Å². The van der Waals surface area contributed by atoms with Gasteiger partial charge in [-0.2, -0.15) is 0 Å². The van der Waals surface area contributed by atoms with Gasteiger partial charge in [0, 0.05) is 12.2 Å². The summed E-state index contributed by atoms with van der Waals surface area (Å²) < 4.78 is 11.5. The highest BCUT2D eigenvalue weighted by Crippen LogP contribution is 2.34. The number of thiazole rings is 1. The molecule has 1 aromatic heterocycles. The Morgan fingerprint density at radius 3 is 2.40 bits per heavy atom. The molecular formula is C20H22N2O2S. The van der Waals surface area contributed by atoms with Crippen LogP contribution in [0.4, 0.5) is 0 Å². The molecule has 25 heavy (non-hydrogen) atoms. The van der Waals surface area contributed by atoms with Crippen molar-refractivity contribution in [3.8, 4) is 27.1 Å². The standard InChI is InChI=1S/C20H22N2O2S/c1-13(2)23-17-7-9-18(10-8-17)24-20-22-12-19(25-20)16-6-4-5-15(11-16)14(3)21/h4-14H,21H2,1-3H3. The molecule has 1 unspecified atom stereocenters. The highest BCUT2D eigenvalue weighted by molar-refractivity contribution is 7.16. The first kappa shape index (κ1) is 17.5. The van der Waals surface area contributed by atoms with Gasteiger partial charge in [-0.25, -0.2) is 4.98 Å². The molecule has 0 spiro atoms. The first-order chi connectivity index (χ1) is 12.0. The number of hydrogen-bond acceptors (Lipinski definition) is 5. The van der Waals surface area contributed by atoms with Crippen LogP contribution in [-0.2, 0) is 0 Å². The molecule has 3 aromatic rings. The van der Waals surface area contributed by atoms with Crippen LogP contribution in [0.3, 0.4) is 0 Å². The summed E-state index contributed by atoms with van der Waals surface area (Å²) in [5, 5.41) is 0.610. The quantitative estimate of drug-likeness (QED) is 0.643. The van der Waals surface area contributed by atoms with Crippen molar-refractivity contribution in [1.29, 1.82) is 0 Å². The first-order valence-electron chi connectivity index (χ1n) is 8.27. The molecule has 0 bridgehead atoms. The molecule has 2 N–H and O–H groups in total. The molecule has 3 rings (SSSR count). The molecule has 0 aliphatic heterocycles. The Hall–Kier alpha value is -2.37. The van der Waals surface area contributed by atoms with Crippen molar-refractivity contribution in [2.24, 2.45) is 5.73 Å². The first-order valence-corrected chi connectivity index (χ1v) is 9.09. The van der Waals surface area contributed by atoms with E-state index < -0.39 is 0 Å². The van der Waals surface area contributed by atoms with Gasteiger partial charge in [0.1, 0.15) is 11.5 Å². The zero-order chi connectivity index (χ0) is 17.8. The molecular weight excluding hydrogens is 332 g/mol. The number of aromatic nitrogens is 1. The van der Waals surface area contributed by atoms with Crippen LogP contribution in [0, 0.1) is 0 Å². The number of nitrogens with two attached hydrogens (primary N) is 1. The lowest BCUT2D eigenvalue weighted by Gasteiger charge is -2.09. The minimum atomic E-state index is 0.00941. The number of ether oxygens (including phenoxy) is 2. The van der Waals surface area contributed by atoms with E-state index in [2.05, 4.69) is 17.1 Å². The van der Waals surface area contributed by atoms with E-state index >= 15 is 0 Å². The summed E-state index contributed by atoms with van der Waals surface area (Å²) in [6.07, 6.45) is 1.98.